The largest absolute Gasteiger partial charge is 0.455 e. The third-order valence-electron chi connectivity index (χ3n) is 11.5. The minimum atomic E-state index is -1.87. The van der Waals surface area contributed by atoms with Crippen LogP contribution >= 0.6 is 0 Å². The summed E-state index contributed by atoms with van der Waals surface area (Å²) >= 11 is 0. The number of benzene rings is 1. The summed E-state index contributed by atoms with van der Waals surface area (Å²) in [7, 11) is 0. The van der Waals surface area contributed by atoms with Crippen LogP contribution in [0.25, 0.3) is 0 Å². The third kappa shape index (κ3) is 4.58. The van der Waals surface area contributed by atoms with Crippen LogP contribution in [0, 0.1) is 16.7 Å². The smallest absolute Gasteiger partial charge is 0.338 e. The highest BCUT2D eigenvalue weighted by atomic mass is 16.8. The van der Waals surface area contributed by atoms with E-state index in [1.165, 1.54) is 0 Å². The summed E-state index contributed by atoms with van der Waals surface area (Å²) < 4.78 is 32.2. The molecule has 2 saturated carbocycles. The van der Waals surface area contributed by atoms with E-state index in [1.54, 1.807) is 51.1 Å². The first-order valence-electron chi connectivity index (χ1n) is 16.1. The summed E-state index contributed by atoms with van der Waals surface area (Å²) in [6.07, 6.45) is -4.09. The topological polar surface area (TPSA) is 138 Å². The van der Waals surface area contributed by atoms with Gasteiger partial charge in [0.25, 0.3) is 0 Å². The SMILES string of the molecule is CCCC(=O)O[C@@]12CO[C@@H]1C[C@H](O)[C@@]1(C)[C@@H]3OC(C)(C)O[C@@H]3C3=C(C)C(=O)CC[C@@](O)([C@@H](OC(=O)c4ccccc4)[C@H]21)C3(C)C. The molecule has 9 atom stereocenters. The number of aliphatic hydroxyl groups excluding tert-OH is 1. The van der Waals surface area contributed by atoms with Crippen LogP contribution in [0.2, 0.25) is 0 Å². The molecule has 1 aromatic carbocycles. The van der Waals surface area contributed by atoms with Gasteiger partial charge in [0.1, 0.15) is 23.9 Å². The van der Waals surface area contributed by atoms with Crippen molar-refractivity contribution in [1.29, 1.82) is 0 Å². The van der Waals surface area contributed by atoms with Gasteiger partial charge in [-0.1, -0.05) is 45.9 Å². The predicted octanol–water partition coefficient (Wildman–Crippen LogP) is 4.05. The third-order valence-corrected chi connectivity index (χ3v) is 11.5. The van der Waals surface area contributed by atoms with Gasteiger partial charge in [0.05, 0.1) is 30.3 Å². The van der Waals surface area contributed by atoms with Crippen molar-refractivity contribution in [1.82, 2.24) is 0 Å². The second-order valence-corrected chi connectivity index (χ2v) is 14.8. The molecule has 0 unspecified atom stereocenters. The van der Waals surface area contributed by atoms with Crippen LogP contribution in [0.4, 0.5) is 0 Å². The second kappa shape index (κ2) is 10.7. The Morgan fingerprint density at radius 1 is 1.07 bits per heavy atom. The fourth-order valence-electron chi connectivity index (χ4n) is 9.04. The van der Waals surface area contributed by atoms with Crippen LogP contribution in [0.3, 0.4) is 0 Å². The number of fused-ring (bicyclic) bond motifs is 8. The van der Waals surface area contributed by atoms with E-state index < -0.39 is 76.2 Å². The molecule has 45 heavy (non-hydrogen) atoms. The Hall–Kier alpha value is -2.63. The molecule has 5 aliphatic rings. The van der Waals surface area contributed by atoms with Gasteiger partial charge in [0.15, 0.2) is 17.2 Å². The number of Topliss-reactive ketones (excluding diaryl/α,β-unsaturated/α-hetero) is 1. The molecule has 0 radical (unpaired) electrons. The van der Waals surface area contributed by atoms with Crippen LogP contribution in [-0.4, -0.2) is 82.1 Å². The number of ether oxygens (including phenoxy) is 5. The monoisotopic (exact) mass is 626 g/mol. The van der Waals surface area contributed by atoms with E-state index in [2.05, 4.69) is 0 Å². The number of hydrogen-bond donors (Lipinski definition) is 2. The molecular weight excluding hydrogens is 580 g/mol. The van der Waals surface area contributed by atoms with Gasteiger partial charge < -0.3 is 33.9 Å². The van der Waals surface area contributed by atoms with Crippen molar-refractivity contribution in [3.8, 4) is 0 Å². The summed E-state index contributed by atoms with van der Waals surface area (Å²) in [5.41, 5.74) is -4.45. The lowest BCUT2D eigenvalue weighted by Crippen LogP contribution is -2.81. The quantitative estimate of drug-likeness (QED) is 0.461. The number of ketones is 1. The summed E-state index contributed by atoms with van der Waals surface area (Å²) in [6, 6.07) is 8.47. The van der Waals surface area contributed by atoms with Crippen LogP contribution in [0.1, 0.15) is 90.9 Å². The van der Waals surface area contributed by atoms with Crippen molar-refractivity contribution in [2.75, 3.05) is 6.61 Å². The van der Waals surface area contributed by atoms with E-state index in [0.717, 1.165) is 0 Å². The van der Waals surface area contributed by atoms with Gasteiger partial charge in [-0.25, -0.2) is 4.79 Å². The highest BCUT2D eigenvalue weighted by molar-refractivity contribution is 5.96. The zero-order chi connectivity index (χ0) is 32.7. The molecule has 2 N–H and O–H groups in total. The zero-order valence-corrected chi connectivity index (χ0v) is 27.3. The van der Waals surface area contributed by atoms with Crippen LogP contribution < -0.4 is 0 Å². The van der Waals surface area contributed by atoms with Crippen molar-refractivity contribution in [2.24, 2.45) is 16.7 Å². The number of aliphatic hydroxyl groups is 2. The van der Waals surface area contributed by atoms with E-state index in [9.17, 15) is 24.6 Å². The van der Waals surface area contributed by atoms with Crippen LogP contribution in [-0.2, 0) is 33.3 Å². The maximum Gasteiger partial charge on any atom is 0.338 e. The minimum Gasteiger partial charge on any atom is -0.455 e. The fraction of sp³-hybridized carbons (Fsp3) is 0.686. The Labute approximate surface area is 264 Å². The highest BCUT2D eigenvalue weighted by Gasteiger charge is 2.78. The Morgan fingerprint density at radius 2 is 1.76 bits per heavy atom. The van der Waals surface area contributed by atoms with E-state index in [1.807, 2.05) is 27.7 Å². The van der Waals surface area contributed by atoms with Crippen molar-refractivity contribution in [2.45, 2.75) is 128 Å². The Bertz CT molecular complexity index is 1420. The molecular formula is C35H46O10. The number of rotatable bonds is 5. The Balaban J connectivity index is 1.66. The van der Waals surface area contributed by atoms with Crippen molar-refractivity contribution >= 4 is 17.7 Å². The van der Waals surface area contributed by atoms with Gasteiger partial charge >= 0.3 is 11.9 Å². The molecule has 0 aromatic heterocycles. The van der Waals surface area contributed by atoms with Crippen molar-refractivity contribution < 1.29 is 48.3 Å². The number of hydrogen-bond acceptors (Lipinski definition) is 10. The van der Waals surface area contributed by atoms with Crippen molar-refractivity contribution in [3.63, 3.8) is 0 Å². The van der Waals surface area contributed by atoms with E-state index in [-0.39, 0.29) is 43.6 Å². The minimum absolute atomic E-state index is 0.00910. The number of esters is 2. The molecule has 2 aliphatic heterocycles. The zero-order valence-electron chi connectivity index (χ0n) is 27.3. The normalized spacial score (nSPS) is 41.3. The standard InChI is InChI=1S/C35H46O10/c1-8-12-24(38)43-34-18-41-23(34)17-22(37)33(7)27(34)29(42-30(39)20-13-10-9-11-14-20)35(40)16-15-21(36)19(2)25(31(35,3)4)26-28(33)45-32(5,6)44-26/h9-11,13-14,22-23,26-29,37,40H,8,12,15-18H2,1-7H3/t22-,23+,26+,27-,28+,29-,33+,34-,35+/m0/s1. The van der Waals surface area contributed by atoms with E-state index in [4.69, 9.17) is 23.7 Å². The lowest BCUT2D eigenvalue weighted by Gasteiger charge is -2.68. The number of allylic oxidation sites excluding steroid dienone is 1. The molecule has 10 nitrogen and oxygen atoms in total. The van der Waals surface area contributed by atoms with Crippen molar-refractivity contribution in [3.05, 3.63) is 47.0 Å². The highest BCUT2D eigenvalue weighted by Crippen LogP contribution is 2.66. The van der Waals surface area contributed by atoms with E-state index in [0.29, 0.717) is 17.6 Å². The first-order valence-corrected chi connectivity index (χ1v) is 16.1. The maximum absolute atomic E-state index is 14.0. The first kappa shape index (κ1) is 32.3. The molecule has 10 heteroatoms. The summed E-state index contributed by atoms with van der Waals surface area (Å²) in [5.74, 6) is -3.42. The molecule has 2 saturated heterocycles. The van der Waals surface area contributed by atoms with Crippen LogP contribution in [0.15, 0.2) is 41.5 Å². The van der Waals surface area contributed by atoms with Gasteiger partial charge in [-0.15, -0.1) is 0 Å². The van der Waals surface area contributed by atoms with E-state index >= 15 is 0 Å². The summed E-state index contributed by atoms with van der Waals surface area (Å²) in [4.78, 5) is 41.0. The van der Waals surface area contributed by atoms with Gasteiger partial charge in [-0.3, -0.25) is 9.59 Å². The molecule has 3 aliphatic carbocycles. The molecule has 2 bridgehead atoms. The average Bonchev–Trinajstić information content (AvgIpc) is 3.27. The van der Waals surface area contributed by atoms with Gasteiger partial charge in [0.2, 0.25) is 0 Å². The molecule has 4 fully saturated rings. The maximum atomic E-state index is 14.0. The predicted molar refractivity (Wildman–Crippen MR) is 161 cm³/mol. The molecule has 1 aromatic rings. The fourth-order valence-corrected chi connectivity index (χ4v) is 9.04. The number of carbonyl (C=O) groups is 3. The Morgan fingerprint density at radius 3 is 2.38 bits per heavy atom. The molecule has 2 heterocycles. The summed E-state index contributed by atoms with van der Waals surface area (Å²) in [5, 5.41) is 25.4. The average molecular weight is 627 g/mol. The second-order valence-electron chi connectivity index (χ2n) is 14.8. The molecule has 246 valence electrons. The molecule has 0 spiro atoms. The van der Waals surface area contributed by atoms with Gasteiger partial charge in [0, 0.05) is 30.1 Å². The van der Waals surface area contributed by atoms with Gasteiger partial charge in [-0.05, 0) is 56.9 Å². The molecule has 6 rings (SSSR count). The number of carbonyl (C=O) groups excluding carboxylic acids is 3. The lowest BCUT2D eigenvalue weighted by atomic mass is 9.46. The van der Waals surface area contributed by atoms with Crippen LogP contribution in [0.5, 0.6) is 0 Å². The first-order chi connectivity index (χ1) is 21.0. The summed E-state index contributed by atoms with van der Waals surface area (Å²) in [6.45, 7) is 12.7. The Kier molecular flexibility index (Phi) is 7.69. The molecule has 0 amide bonds. The van der Waals surface area contributed by atoms with Gasteiger partial charge in [-0.2, -0.15) is 0 Å². The lowest BCUT2D eigenvalue weighted by molar-refractivity contribution is -0.361.